The Morgan fingerprint density at radius 1 is 1.10 bits per heavy atom. The van der Waals surface area contributed by atoms with Gasteiger partial charge in [-0.15, -0.1) is 0 Å². The van der Waals surface area contributed by atoms with E-state index >= 15 is 0 Å². The van der Waals surface area contributed by atoms with Crippen molar-refractivity contribution in [1.29, 1.82) is 0 Å². The van der Waals surface area contributed by atoms with Crippen molar-refractivity contribution in [2.75, 3.05) is 53.5 Å². The predicted molar refractivity (Wildman–Crippen MR) is 103 cm³/mol. The van der Waals surface area contributed by atoms with Crippen molar-refractivity contribution in [2.45, 2.75) is 23.9 Å². The average molecular weight is 453 g/mol. The minimum atomic E-state index is -4.28. The van der Waals surface area contributed by atoms with Gasteiger partial charge in [-0.25, -0.2) is 13.1 Å². The Morgan fingerprint density at radius 2 is 1.80 bits per heavy atom. The Kier molecular flexibility index (Phi) is 8.33. The third-order valence-corrected chi connectivity index (χ3v) is 6.10. The summed E-state index contributed by atoms with van der Waals surface area (Å²) in [5.41, 5.74) is 0. The first-order chi connectivity index (χ1) is 14.1. The molecule has 8 nitrogen and oxygen atoms in total. The van der Waals surface area contributed by atoms with Crippen LogP contribution in [0.25, 0.3) is 0 Å². The first kappa shape index (κ1) is 24.2. The molecule has 0 atom stereocenters. The molecule has 12 heteroatoms. The molecule has 0 radical (unpaired) electrons. The maximum absolute atomic E-state index is 12.5. The van der Waals surface area contributed by atoms with Crippen LogP contribution < -0.4 is 14.2 Å². The number of sulfonamides is 1. The topological polar surface area (TPSA) is 88.2 Å². The molecule has 0 aromatic heterocycles. The van der Waals surface area contributed by atoms with Crippen LogP contribution in [0.1, 0.15) is 12.8 Å². The molecule has 0 spiro atoms. The largest absolute Gasteiger partial charge is 0.493 e. The van der Waals surface area contributed by atoms with Gasteiger partial charge in [-0.2, -0.15) is 13.2 Å². The smallest absolute Gasteiger partial charge is 0.401 e. The molecule has 0 unspecified atom stereocenters. The summed E-state index contributed by atoms with van der Waals surface area (Å²) in [4.78, 5) is 15.1. The van der Waals surface area contributed by atoms with Crippen LogP contribution in [-0.2, 0) is 14.8 Å². The Morgan fingerprint density at radius 3 is 2.43 bits per heavy atom. The van der Waals surface area contributed by atoms with Gasteiger partial charge in [-0.1, -0.05) is 0 Å². The third kappa shape index (κ3) is 7.03. The summed E-state index contributed by atoms with van der Waals surface area (Å²) in [6, 6.07) is 4.13. The number of benzene rings is 1. The van der Waals surface area contributed by atoms with Crippen molar-refractivity contribution >= 4 is 15.9 Å². The average Bonchev–Trinajstić information content (AvgIpc) is 2.91. The predicted octanol–water partition coefficient (Wildman–Crippen LogP) is 1.47. The summed E-state index contributed by atoms with van der Waals surface area (Å²) < 4.78 is 75.0. The van der Waals surface area contributed by atoms with Gasteiger partial charge < -0.3 is 14.4 Å². The lowest BCUT2D eigenvalue weighted by atomic mass is 10.3. The summed E-state index contributed by atoms with van der Waals surface area (Å²) >= 11 is 0. The standard InChI is InChI=1S/C18H26F3N3O5S/c1-28-15-5-4-14(12-16(15)29-2)30(26,27)22-7-6-17(25)24-9-3-8-23(10-11-24)13-18(19,20)21/h4-5,12,22H,3,6-11,13H2,1-2H3. The SMILES string of the molecule is COc1ccc(S(=O)(=O)NCCC(=O)N2CCCN(CC(F)(F)F)CC2)cc1OC. The van der Waals surface area contributed by atoms with Crippen LogP contribution in [0.2, 0.25) is 0 Å². The fourth-order valence-corrected chi connectivity index (χ4v) is 4.20. The number of amides is 1. The van der Waals surface area contributed by atoms with Crippen LogP contribution in [0.4, 0.5) is 13.2 Å². The highest BCUT2D eigenvalue weighted by atomic mass is 32.2. The molecule has 170 valence electrons. The van der Waals surface area contributed by atoms with E-state index in [2.05, 4.69) is 4.72 Å². The monoisotopic (exact) mass is 453 g/mol. The van der Waals surface area contributed by atoms with Gasteiger partial charge in [0, 0.05) is 45.2 Å². The Bertz CT molecular complexity index is 833. The lowest BCUT2D eigenvalue weighted by Gasteiger charge is -2.22. The zero-order valence-corrected chi connectivity index (χ0v) is 17.7. The molecule has 0 bridgehead atoms. The van der Waals surface area contributed by atoms with E-state index in [0.29, 0.717) is 18.7 Å². The molecule has 1 saturated heterocycles. The van der Waals surface area contributed by atoms with Gasteiger partial charge in [-0.05, 0) is 18.6 Å². The van der Waals surface area contributed by atoms with Crippen LogP contribution in [-0.4, -0.2) is 83.8 Å². The second kappa shape index (κ2) is 10.3. The number of alkyl halides is 3. The molecule has 2 rings (SSSR count). The highest BCUT2D eigenvalue weighted by molar-refractivity contribution is 7.89. The lowest BCUT2D eigenvalue weighted by molar-refractivity contribution is -0.145. The molecule has 0 saturated carbocycles. The molecule has 1 N–H and O–H groups in total. The van der Waals surface area contributed by atoms with Crippen molar-refractivity contribution in [2.24, 2.45) is 0 Å². The quantitative estimate of drug-likeness (QED) is 0.642. The van der Waals surface area contributed by atoms with E-state index in [1.165, 1.54) is 42.2 Å². The molecule has 1 aliphatic heterocycles. The molecule has 1 aliphatic rings. The molecule has 30 heavy (non-hydrogen) atoms. The number of hydrogen-bond donors (Lipinski definition) is 1. The zero-order valence-electron chi connectivity index (χ0n) is 16.9. The number of nitrogens with zero attached hydrogens (tertiary/aromatic N) is 2. The number of rotatable bonds is 8. The lowest BCUT2D eigenvalue weighted by Crippen LogP contribution is -2.39. The second-order valence-electron chi connectivity index (χ2n) is 6.79. The molecule has 1 amide bonds. The number of methoxy groups -OCH3 is 2. The van der Waals surface area contributed by atoms with Gasteiger partial charge in [-0.3, -0.25) is 9.69 Å². The van der Waals surface area contributed by atoms with Crippen molar-refractivity contribution in [3.8, 4) is 11.5 Å². The molecular formula is C18H26F3N3O5S. The molecule has 1 fully saturated rings. The van der Waals surface area contributed by atoms with E-state index in [1.54, 1.807) is 0 Å². The van der Waals surface area contributed by atoms with E-state index in [0.717, 1.165) is 0 Å². The Hall–Kier alpha value is -2.05. The van der Waals surface area contributed by atoms with E-state index in [4.69, 9.17) is 9.47 Å². The van der Waals surface area contributed by atoms with Crippen LogP contribution in [0, 0.1) is 0 Å². The zero-order chi connectivity index (χ0) is 22.4. The van der Waals surface area contributed by atoms with Gasteiger partial charge in [0.15, 0.2) is 11.5 Å². The maximum Gasteiger partial charge on any atom is 0.401 e. The van der Waals surface area contributed by atoms with Gasteiger partial charge in [0.1, 0.15) is 0 Å². The number of halogens is 3. The molecule has 1 aromatic rings. The molecule has 1 heterocycles. The minimum absolute atomic E-state index is 0.0369. The number of carbonyl (C=O) groups excluding carboxylic acids is 1. The normalized spacial score (nSPS) is 16.2. The van der Waals surface area contributed by atoms with Crippen LogP contribution >= 0.6 is 0 Å². The fraction of sp³-hybridized carbons (Fsp3) is 0.611. The molecule has 1 aromatic carbocycles. The number of hydrogen-bond acceptors (Lipinski definition) is 6. The number of carbonyl (C=O) groups is 1. The van der Waals surface area contributed by atoms with E-state index in [-0.39, 0.29) is 49.2 Å². The highest BCUT2D eigenvalue weighted by Gasteiger charge is 2.31. The van der Waals surface area contributed by atoms with Gasteiger partial charge in [0.05, 0.1) is 25.7 Å². The van der Waals surface area contributed by atoms with E-state index in [1.807, 2.05) is 0 Å². The van der Waals surface area contributed by atoms with Crippen LogP contribution in [0.5, 0.6) is 11.5 Å². The van der Waals surface area contributed by atoms with E-state index in [9.17, 15) is 26.4 Å². The van der Waals surface area contributed by atoms with Gasteiger partial charge in [0.2, 0.25) is 15.9 Å². The summed E-state index contributed by atoms with van der Waals surface area (Å²) in [6.07, 6.45) is -3.94. The van der Waals surface area contributed by atoms with Gasteiger partial charge in [0.25, 0.3) is 0 Å². The maximum atomic E-state index is 12.5. The van der Waals surface area contributed by atoms with Crippen LogP contribution in [0.15, 0.2) is 23.1 Å². The Balaban J connectivity index is 1.87. The molecule has 0 aliphatic carbocycles. The van der Waals surface area contributed by atoms with Crippen molar-refractivity contribution in [1.82, 2.24) is 14.5 Å². The second-order valence-corrected chi connectivity index (χ2v) is 8.56. The van der Waals surface area contributed by atoms with Crippen molar-refractivity contribution in [3.63, 3.8) is 0 Å². The summed E-state index contributed by atoms with van der Waals surface area (Å²) in [7, 11) is -1.05. The van der Waals surface area contributed by atoms with Gasteiger partial charge >= 0.3 is 6.18 Å². The first-order valence-corrected chi connectivity index (χ1v) is 10.8. The molecular weight excluding hydrogens is 427 g/mol. The Labute approximate surface area is 174 Å². The van der Waals surface area contributed by atoms with E-state index < -0.39 is 22.7 Å². The fourth-order valence-electron chi connectivity index (χ4n) is 3.15. The highest BCUT2D eigenvalue weighted by Crippen LogP contribution is 2.29. The summed E-state index contributed by atoms with van der Waals surface area (Å²) in [5.74, 6) is 0.329. The first-order valence-electron chi connectivity index (χ1n) is 9.34. The minimum Gasteiger partial charge on any atom is -0.493 e. The third-order valence-electron chi connectivity index (χ3n) is 4.64. The number of ether oxygens (including phenoxy) is 2. The number of nitrogens with one attached hydrogen (secondary N) is 1. The van der Waals surface area contributed by atoms with Crippen molar-refractivity contribution < 1.29 is 35.9 Å². The van der Waals surface area contributed by atoms with Crippen LogP contribution in [0.3, 0.4) is 0 Å². The summed E-state index contributed by atoms with van der Waals surface area (Å²) in [5, 5.41) is 0. The van der Waals surface area contributed by atoms with Crippen molar-refractivity contribution in [3.05, 3.63) is 18.2 Å². The summed E-state index contributed by atoms with van der Waals surface area (Å²) in [6.45, 7) is -0.219.